The van der Waals surface area contributed by atoms with Crippen molar-refractivity contribution < 1.29 is 9.84 Å². The number of aliphatic hydroxyl groups is 1. The van der Waals surface area contributed by atoms with E-state index in [0.29, 0.717) is 13.2 Å². The summed E-state index contributed by atoms with van der Waals surface area (Å²) in [6, 6.07) is 0.266. The number of nitrogens with one attached hydrogen (secondary N) is 2. The van der Waals surface area contributed by atoms with Gasteiger partial charge in [0, 0.05) is 39.3 Å². The molecule has 8 nitrogen and oxygen atoms in total. The highest BCUT2D eigenvalue weighted by Gasteiger charge is 2.22. The van der Waals surface area contributed by atoms with Crippen LogP contribution in [-0.2, 0) is 24.3 Å². The molecule has 0 fully saturated rings. The Labute approximate surface area is 137 Å². The summed E-state index contributed by atoms with van der Waals surface area (Å²) < 4.78 is 7.04. The maximum absolute atomic E-state index is 9.12. The Morgan fingerprint density at radius 1 is 1.57 bits per heavy atom. The topological polar surface area (TPSA) is 96.6 Å². The van der Waals surface area contributed by atoms with Gasteiger partial charge in [0.25, 0.3) is 0 Å². The summed E-state index contributed by atoms with van der Waals surface area (Å²) in [5, 5.41) is 20.3. The van der Waals surface area contributed by atoms with Crippen LogP contribution in [0.5, 0.6) is 0 Å². The SMILES string of the molecule is CCNC(=NCC(C)CO)NC1CCc2nc(COC)nn2C1. The standard InChI is InChI=1S/C15H28N6O2/c1-4-16-15(17-7-11(2)9-22)18-12-5-6-14-19-13(10-23-3)20-21(14)8-12/h11-12,22H,4-10H2,1-3H3,(H2,16,17,18). The first-order valence-corrected chi connectivity index (χ1v) is 8.23. The maximum Gasteiger partial charge on any atom is 0.191 e. The zero-order chi connectivity index (χ0) is 16.7. The molecule has 23 heavy (non-hydrogen) atoms. The summed E-state index contributed by atoms with van der Waals surface area (Å²) in [6.07, 6.45) is 1.88. The van der Waals surface area contributed by atoms with Crippen molar-refractivity contribution in [1.82, 2.24) is 25.4 Å². The predicted molar refractivity (Wildman–Crippen MR) is 88.2 cm³/mol. The molecule has 1 aliphatic rings. The van der Waals surface area contributed by atoms with Crippen molar-refractivity contribution in [1.29, 1.82) is 0 Å². The lowest BCUT2D eigenvalue weighted by molar-refractivity contribution is 0.177. The van der Waals surface area contributed by atoms with E-state index in [1.807, 2.05) is 18.5 Å². The first-order valence-electron chi connectivity index (χ1n) is 8.23. The molecular formula is C15H28N6O2. The maximum atomic E-state index is 9.12. The van der Waals surface area contributed by atoms with Gasteiger partial charge in [-0.25, -0.2) is 9.67 Å². The van der Waals surface area contributed by atoms with Crippen molar-refractivity contribution in [2.24, 2.45) is 10.9 Å². The highest BCUT2D eigenvalue weighted by Crippen LogP contribution is 2.13. The van der Waals surface area contributed by atoms with E-state index in [1.165, 1.54) is 0 Å². The fourth-order valence-electron chi connectivity index (χ4n) is 2.49. The van der Waals surface area contributed by atoms with Gasteiger partial charge in [0.2, 0.25) is 0 Å². The normalized spacial score (nSPS) is 19.3. The van der Waals surface area contributed by atoms with Crippen molar-refractivity contribution in [2.45, 2.75) is 45.9 Å². The Morgan fingerprint density at radius 3 is 3.09 bits per heavy atom. The van der Waals surface area contributed by atoms with Crippen LogP contribution < -0.4 is 10.6 Å². The van der Waals surface area contributed by atoms with Crippen LogP contribution in [0.25, 0.3) is 0 Å². The summed E-state index contributed by atoms with van der Waals surface area (Å²) >= 11 is 0. The van der Waals surface area contributed by atoms with E-state index >= 15 is 0 Å². The number of hydrogen-bond acceptors (Lipinski definition) is 5. The van der Waals surface area contributed by atoms with Crippen molar-refractivity contribution in [3.63, 3.8) is 0 Å². The molecule has 0 saturated carbocycles. The van der Waals surface area contributed by atoms with Gasteiger partial charge in [-0.15, -0.1) is 0 Å². The third-order valence-electron chi connectivity index (χ3n) is 3.73. The lowest BCUT2D eigenvalue weighted by atomic mass is 10.1. The van der Waals surface area contributed by atoms with Gasteiger partial charge >= 0.3 is 0 Å². The van der Waals surface area contributed by atoms with Crippen molar-refractivity contribution >= 4 is 5.96 Å². The number of hydrogen-bond donors (Lipinski definition) is 3. The summed E-state index contributed by atoms with van der Waals surface area (Å²) in [6.45, 7) is 6.79. The molecule has 1 aromatic rings. The zero-order valence-electron chi connectivity index (χ0n) is 14.2. The van der Waals surface area contributed by atoms with Gasteiger partial charge in [-0.05, 0) is 19.3 Å². The molecule has 0 saturated heterocycles. The van der Waals surface area contributed by atoms with Crippen LogP contribution in [0.2, 0.25) is 0 Å². The van der Waals surface area contributed by atoms with Crippen LogP contribution in [0.4, 0.5) is 0 Å². The van der Waals surface area contributed by atoms with E-state index in [9.17, 15) is 0 Å². The fourth-order valence-corrected chi connectivity index (χ4v) is 2.49. The minimum Gasteiger partial charge on any atom is -0.396 e. The Balaban J connectivity index is 1.95. The number of guanidine groups is 1. The largest absolute Gasteiger partial charge is 0.396 e. The molecule has 0 aliphatic carbocycles. The second-order valence-electron chi connectivity index (χ2n) is 5.95. The number of aryl methyl sites for hydroxylation is 1. The van der Waals surface area contributed by atoms with Crippen LogP contribution in [0.15, 0.2) is 4.99 Å². The highest BCUT2D eigenvalue weighted by atomic mass is 16.5. The van der Waals surface area contributed by atoms with E-state index in [-0.39, 0.29) is 18.6 Å². The molecule has 2 rings (SSSR count). The molecule has 2 atom stereocenters. The summed E-state index contributed by atoms with van der Waals surface area (Å²) in [5.74, 6) is 2.71. The van der Waals surface area contributed by atoms with Crippen molar-refractivity contribution in [3.8, 4) is 0 Å². The number of aliphatic hydroxyl groups excluding tert-OH is 1. The third kappa shape index (κ3) is 5.18. The number of ether oxygens (including phenoxy) is 1. The van der Waals surface area contributed by atoms with Gasteiger partial charge in [0.15, 0.2) is 11.8 Å². The molecule has 2 heterocycles. The summed E-state index contributed by atoms with van der Waals surface area (Å²) in [7, 11) is 1.65. The van der Waals surface area contributed by atoms with E-state index in [4.69, 9.17) is 9.84 Å². The molecule has 1 aliphatic heterocycles. The molecule has 130 valence electrons. The highest BCUT2D eigenvalue weighted by molar-refractivity contribution is 5.80. The molecule has 0 radical (unpaired) electrons. The lowest BCUT2D eigenvalue weighted by Gasteiger charge is -2.25. The van der Waals surface area contributed by atoms with E-state index in [2.05, 4.69) is 25.7 Å². The van der Waals surface area contributed by atoms with Crippen LogP contribution in [0, 0.1) is 5.92 Å². The molecule has 1 aromatic heterocycles. The van der Waals surface area contributed by atoms with E-state index < -0.39 is 0 Å². The molecule has 0 aromatic carbocycles. The third-order valence-corrected chi connectivity index (χ3v) is 3.73. The van der Waals surface area contributed by atoms with Gasteiger partial charge in [-0.2, -0.15) is 5.10 Å². The summed E-state index contributed by atoms with van der Waals surface area (Å²) in [5.41, 5.74) is 0. The first kappa shape index (κ1) is 17.7. The number of rotatable bonds is 7. The molecule has 3 N–H and O–H groups in total. The number of aliphatic imine (C=N–C) groups is 1. The van der Waals surface area contributed by atoms with Crippen molar-refractivity contribution in [2.75, 3.05) is 26.8 Å². The molecular weight excluding hydrogens is 296 g/mol. The lowest BCUT2D eigenvalue weighted by Crippen LogP contribution is -2.47. The average molecular weight is 324 g/mol. The molecule has 0 bridgehead atoms. The molecule has 2 unspecified atom stereocenters. The second kappa shape index (κ2) is 8.83. The van der Waals surface area contributed by atoms with E-state index in [0.717, 1.165) is 43.5 Å². The fraction of sp³-hybridized carbons (Fsp3) is 0.800. The zero-order valence-corrected chi connectivity index (χ0v) is 14.2. The van der Waals surface area contributed by atoms with Gasteiger partial charge < -0.3 is 20.5 Å². The van der Waals surface area contributed by atoms with Crippen LogP contribution in [-0.4, -0.2) is 58.7 Å². The summed E-state index contributed by atoms with van der Waals surface area (Å²) in [4.78, 5) is 9.02. The quantitative estimate of drug-likeness (QED) is 0.480. The minimum atomic E-state index is 0.150. The Morgan fingerprint density at radius 2 is 2.39 bits per heavy atom. The number of aromatic nitrogens is 3. The molecule has 8 heteroatoms. The van der Waals surface area contributed by atoms with Crippen LogP contribution >= 0.6 is 0 Å². The monoisotopic (exact) mass is 324 g/mol. The Bertz CT molecular complexity index is 516. The van der Waals surface area contributed by atoms with Gasteiger partial charge in [-0.1, -0.05) is 6.92 Å². The first-order chi connectivity index (χ1) is 11.2. The van der Waals surface area contributed by atoms with Crippen molar-refractivity contribution in [3.05, 3.63) is 11.6 Å². The Kier molecular flexibility index (Phi) is 6.79. The molecule has 0 spiro atoms. The van der Waals surface area contributed by atoms with Crippen LogP contribution in [0.1, 0.15) is 31.9 Å². The van der Waals surface area contributed by atoms with E-state index in [1.54, 1.807) is 7.11 Å². The minimum absolute atomic E-state index is 0.150. The second-order valence-corrected chi connectivity index (χ2v) is 5.95. The average Bonchev–Trinajstić information content (AvgIpc) is 2.94. The van der Waals surface area contributed by atoms with Crippen LogP contribution in [0.3, 0.4) is 0 Å². The van der Waals surface area contributed by atoms with Gasteiger partial charge in [0.1, 0.15) is 12.4 Å². The smallest absolute Gasteiger partial charge is 0.191 e. The molecule has 0 amide bonds. The number of methoxy groups -OCH3 is 1. The number of nitrogens with zero attached hydrogens (tertiary/aromatic N) is 4. The van der Waals surface area contributed by atoms with Gasteiger partial charge in [-0.3, -0.25) is 4.99 Å². The van der Waals surface area contributed by atoms with Gasteiger partial charge in [0.05, 0.1) is 6.54 Å². The predicted octanol–water partition coefficient (Wildman–Crippen LogP) is -0.0772. The Hall–Kier alpha value is -1.67. The number of fused-ring (bicyclic) bond motifs is 1.